The predicted molar refractivity (Wildman–Crippen MR) is 109 cm³/mol. The lowest BCUT2D eigenvalue weighted by atomic mass is 9.77. The highest BCUT2D eigenvalue weighted by molar-refractivity contribution is 5.92. The summed E-state index contributed by atoms with van der Waals surface area (Å²) in [6.07, 6.45) is 11.0. The molecule has 1 amide bonds. The summed E-state index contributed by atoms with van der Waals surface area (Å²) in [5.41, 5.74) is 1.97. The first-order valence-electron chi connectivity index (χ1n) is 10.3. The van der Waals surface area contributed by atoms with Crippen LogP contribution in [-0.2, 0) is 4.79 Å². The minimum Gasteiger partial charge on any atom is -0.492 e. The van der Waals surface area contributed by atoms with E-state index >= 15 is 0 Å². The number of amides is 1. The van der Waals surface area contributed by atoms with Gasteiger partial charge in [0.2, 0.25) is 5.91 Å². The maximum Gasteiger partial charge on any atom is 0.246 e. The van der Waals surface area contributed by atoms with E-state index in [2.05, 4.69) is 43.1 Å². The fraction of sp³-hybridized carbons (Fsp3) is 0.609. The standard InChI is InChI=1S/C23H35NO2/c1-4-5-6-7-19-8-10-20(11-9-19)21-12-14-22(15-13-21)26-17-16-24-23(25)18(2)3/h12-15,19-20H,2,4-11,16-17H2,1,3H3,(H,24,25). The Kier molecular flexibility index (Phi) is 8.73. The van der Waals surface area contributed by atoms with Gasteiger partial charge in [-0.15, -0.1) is 0 Å². The Morgan fingerprint density at radius 2 is 1.85 bits per heavy atom. The molecular weight excluding hydrogens is 322 g/mol. The second-order valence-electron chi connectivity index (χ2n) is 7.67. The highest BCUT2D eigenvalue weighted by Gasteiger charge is 2.21. The molecule has 1 aliphatic carbocycles. The van der Waals surface area contributed by atoms with Crippen LogP contribution in [0.4, 0.5) is 0 Å². The average Bonchev–Trinajstić information content (AvgIpc) is 2.66. The number of benzene rings is 1. The van der Waals surface area contributed by atoms with Gasteiger partial charge in [0, 0.05) is 5.57 Å². The maximum atomic E-state index is 11.4. The Morgan fingerprint density at radius 1 is 1.15 bits per heavy atom. The normalized spacial score (nSPS) is 19.8. The highest BCUT2D eigenvalue weighted by atomic mass is 16.5. The third-order valence-electron chi connectivity index (χ3n) is 5.46. The minimum absolute atomic E-state index is 0.116. The molecule has 0 atom stereocenters. The van der Waals surface area contributed by atoms with Gasteiger partial charge >= 0.3 is 0 Å². The van der Waals surface area contributed by atoms with E-state index in [-0.39, 0.29) is 5.91 Å². The van der Waals surface area contributed by atoms with Crippen LogP contribution in [0.3, 0.4) is 0 Å². The van der Waals surface area contributed by atoms with Crippen molar-refractivity contribution in [3.63, 3.8) is 0 Å². The number of nitrogens with one attached hydrogen (secondary N) is 1. The number of hydrogen-bond donors (Lipinski definition) is 1. The summed E-state index contributed by atoms with van der Waals surface area (Å²) in [6.45, 7) is 8.57. The minimum atomic E-state index is -0.116. The predicted octanol–water partition coefficient (Wildman–Crippen LogP) is 5.61. The molecule has 2 rings (SSSR count). The van der Waals surface area contributed by atoms with Crippen LogP contribution in [0.25, 0.3) is 0 Å². The van der Waals surface area contributed by atoms with Crippen molar-refractivity contribution in [2.24, 2.45) is 5.92 Å². The molecule has 0 saturated heterocycles. The third-order valence-corrected chi connectivity index (χ3v) is 5.46. The van der Waals surface area contributed by atoms with Gasteiger partial charge < -0.3 is 10.1 Å². The van der Waals surface area contributed by atoms with Crippen molar-refractivity contribution in [2.75, 3.05) is 13.2 Å². The van der Waals surface area contributed by atoms with E-state index in [9.17, 15) is 4.79 Å². The van der Waals surface area contributed by atoms with Gasteiger partial charge in [0.15, 0.2) is 0 Å². The van der Waals surface area contributed by atoms with E-state index in [4.69, 9.17) is 4.74 Å². The van der Waals surface area contributed by atoms with Crippen molar-refractivity contribution in [1.82, 2.24) is 5.32 Å². The van der Waals surface area contributed by atoms with Crippen LogP contribution in [0.2, 0.25) is 0 Å². The molecule has 3 heteroatoms. The first-order chi connectivity index (χ1) is 12.6. The number of hydrogen-bond acceptors (Lipinski definition) is 2. The molecule has 1 fully saturated rings. The molecule has 0 unspecified atom stereocenters. The zero-order valence-corrected chi connectivity index (χ0v) is 16.6. The number of carbonyl (C=O) groups excluding carboxylic acids is 1. The van der Waals surface area contributed by atoms with Gasteiger partial charge in [-0.3, -0.25) is 4.79 Å². The van der Waals surface area contributed by atoms with E-state index in [0.717, 1.165) is 11.7 Å². The van der Waals surface area contributed by atoms with Gasteiger partial charge in [-0.05, 0) is 62.1 Å². The second-order valence-corrected chi connectivity index (χ2v) is 7.67. The van der Waals surface area contributed by atoms with Gasteiger partial charge in [0.25, 0.3) is 0 Å². The Balaban J connectivity index is 1.69. The molecule has 0 bridgehead atoms. The molecule has 144 valence electrons. The zero-order valence-electron chi connectivity index (χ0n) is 16.6. The van der Waals surface area contributed by atoms with E-state index < -0.39 is 0 Å². The van der Waals surface area contributed by atoms with E-state index in [1.807, 2.05) is 0 Å². The molecule has 1 aliphatic rings. The smallest absolute Gasteiger partial charge is 0.246 e. The van der Waals surface area contributed by atoms with Crippen molar-refractivity contribution in [3.05, 3.63) is 42.0 Å². The van der Waals surface area contributed by atoms with Crippen molar-refractivity contribution in [3.8, 4) is 5.75 Å². The summed E-state index contributed by atoms with van der Waals surface area (Å²) < 4.78 is 5.71. The molecule has 1 aromatic carbocycles. The Hall–Kier alpha value is -1.77. The lowest BCUT2D eigenvalue weighted by Crippen LogP contribution is -2.28. The number of rotatable bonds is 10. The zero-order chi connectivity index (χ0) is 18.8. The van der Waals surface area contributed by atoms with Crippen LogP contribution in [-0.4, -0.2) is 19.1 Å². The fourth-order valence-corrected chi connectivity index (χ4v) is 3.79. The van der Waals surface area contributed by atoms with Gasteiger partial charge in [0.05, 0.1) is 6.54 Å². The van der Waals surface area contributed by atoms with Crippen LogP contribution in [0.5, 0.6) is 5.75 Å². The molecule has 0 spiro atoms. The summed E-state index contributed by atoms with van der Waals surface area (Å²) in [5.74, 6) is 2.41. The van der Waals surface area contributed by atoms with Gasteiger partial charge in [-0.1, -0.05) is 51.3 Å². The van der Waals surface area contributed by atoms with E-state index in [0.29, 0.717) is 24.6 Å². The summed E-state index contributed by atoms with van der Waals surface area (Å²) >= 11 is 0. The molecular formula is C23H35NO2. The lowest BCUT2D eigenvalue weighted by Gasteiger charge is -2.29. The van der Waals surface area contributed by atoms with E-state index in [1.54, 1.807) is 6.92 Å². The van der Waals surface area contributed by atoms with Crippen molar-refractivity contribution in [1.29, 1.82) is 0 Å². The molecule has 0 heterocycles. The van der Waals surface area contributed by atoms with Crippen LogP contribution in [0, 0.1) is 5.92 Å². The van der Waals surface area contributed by atoms with E-state index in [1.165, 1.54) is 56.9 Å². The summed E-state index contributed by atoms with van der Waals surface area (Å²) in [4.78, 5) is 11.4. The number of unbranched alkanes of at least 4 members (excludes halogenated alkanes) is 2. The molecule has 3 nitrogen and oxygen atoms in total. The molecule has 26 heavy (non-hydrogen) atoms. The quantitative estimate of drug-likeness (QED) is 0.436. The molecule has 0 aromatic heterocycles. The number of carbonyl (C=O) groups is 1. The molecule has 0 aliphatic heterocycles. The van der Waals surface area contributed by atoms with Crippen LogP contribution in [0.1, 0.15) is 76.7 Å². The topological polar surface area (TPSA) is 38.3 Å². The molecule has 1 saturated carbocycles. The average molecular weight is 358 g/mol. The maximum absolute atomic E-state index is 11.4. The summed E-state index contributed by atoms with van der Waals surface area (Å²) in [7, 11) is 0. The largest absolute Gasteiger partial charge is 0.492 e. The van der Waals surface area contributed by atoms with Gasteiger partial charge in [0.1, 0.15) is 12.4 Å². The van der Waals surface area contributed by atoms with Crippen LogP contribution < -0.4 is 10.1 Å². The molecule has 1 N–H and O–H groups in total. The van der Waals surface area contributed by atoms with Gasteiger partial charge in [-0.25, -0.2) is 0 Å². The third kappa shape index (κ3) is 6.86. The van der Waals surface area contributed by atoms with Crippen LogP contribution >= 0.6 is 0 Å². The first-order valence-corrected chi connectivity index (χ1v) is 10.3. The SMILES string of the molecule is C=C(C)C(=O)NCCOc1ccc(C2CCC(CCCCC)CC2)cc1. The van der Waals surface area contributed by atoms with Crippen molar-refractivity contribution < 1.29 is 9.53 Å². The van der Waals surface area contributed by atoms with Crippen LogP contribution in [0.15, 0.2) is 36.4 Å². The molecule has 1 aromatic rings. The number of ether oxygens (including phenoxy) is 1. The van der Waals surface area contributed by atoms with Crippen molar-refractivity contribution in [2.45, 2.75) is 71.1 Å². The Labute approximate surface area is 159 Å². The fourth-order valence-electron chi connectivity index (χ4n) is 3.79. The lowest BCUT2D eigenvalue weighted by molar-refractivity contribution is -0.117. The Morgan fingerprint density at radius 3 is 2.46 bits per heavy atom. The monoisotopic (exact) mass is 357 g/mol. The summed E-state index contributed by atoms with van der Waals surface area (Å²) in [5, 5.41) is 2.77. The second kappa shape index (κ2) is 11.1. The highest BCUT2D eigenvalue weighted by Crippen LogP contribution is 2.38. The first kappa shape index (κ1) is 20.5. The Bertz CT molecular complexity index is 556. The summed E-state index contributed by atoms with van der Waals surface area (Å²) in [6, 6.07) is 8.54. The van der Waals surface area contributed by atoms with Gasteiger partial charge in [-0.2, -0.15) is 0 Å². The molecule has 0 radical (unpaired) electrons. The van der Waals surface area contributed by atoms with Crippen molar-refractivity contribution >= 4 is 5.91 Å².